The molecule has 1 fully saturated rings. The number of halogens is 2. The van der Waals surface area contributed by atoms with Crippen LogP contribution in [-0.2, 0) is 14.8 Å². The van der Waals surface area contributed by atoms with Gasteiger partial charge in [0, 0.05) is 11.0 Å². The molecule has 2 atom stereocenters. The Morgan fingerprint density at radius 2 is 2.14 bits per heavy atom. The van der Waals surface area contributed by atoms with Gasteiger partial charge in [-0.25, -0.2) is 12.8 Å². The van der Waals surface area contributed by atoms with E-state index in [0.29, 0.717) is 6.42 Å². The van der Waals surface area contributed by atoms with Gasteiger partial charge in [0.15, 0.2) is 0 Å². The fourth-order valence-electron chi connectivity index (χ4n) is 2.44. The SMILES string of the molecule is CC1CCN(S(=O)(=O)c2ccc(F)cc2Br)C(C(=O)O)C1. The van der Waals surface area contributed by atoms with Crippen LogP contribution in [0.2, 0.25) is 0 Å². The molecule has 21 heavy (non-hydrogen) atoms. The maximum absolute atomic E-state index is 13.1. The molecule has 0 saturated carbocycles. The fourth-order valence-corrected chi connectivity index (χ4v) is 5.06. The third kappa shape index (κ3) is 3.27. The van der Waals surface area contributed by atoms with Gasteiger partial charge in [0.1, 0.15) is 11.9 Å². The number of carboxylic acid groups (broad SMARTS) is 1. The molecule has 8 heteroatoms. The predicted octanol–water partition coefficient (Wildman–Crippen LogP) is 2.46. The minimum Gasteiger partial charge on any atom is -0.480 e. The summed E-state index contributed by atoms with van der Waals surface area (Å²) in [5.74, 6) is -1.58. The molecule has 1 N–H and O–H groups in total. The third-order valence-corrected chi connectivity index (χ3v) is 6.47. The molecule has 0 spiro atoms. The number of carboxylic acids is 1. The van der Waals surface area contributed by atoms with Gasteiger partial charge in [0.05, 0.1) is 4.90 Å². The maximum Gasteiger partial charge on any atom is 0.322 e. The number of benzene rings is 1. The summed E-state index contributed by atoms with van der Waals surface area (Å²) >= 11 is 3.03. The van der Waals surface area contributed by atoms with Crippen LogP contribution in [-0.4, -0.2) is 36.4 Å². The van der Waals surface area contributed by atoms with Crippen LogP contribution in [0.4, 0.5) is 4.39 Å². The highest BCUT2D eigenvalue weighted by Crippen LogP contribution is 2.32. The number of rotatable bonds is 3. The number of sulfonamides is 1. The molecule has 1 aromatic rings. The normalized spacial score (nSPS) is 24.0. The molecule has 2 rings (SSSR count). The van der Waals surface area contributed by atoms with Crippen molar-refractivity contribution in [3.8, 4) is 0 Å². The molecule has 0 aromatic heterocycles. The van der Waals surface area contributed by atoms with Crippen molar-refractivity contribution in [2.75, 3.05) is 6.54 Å². The second-order valence-electron chi connectivity index (χ2n) is 5.17. The largest absolute Gasteiger partial charge is 0.480 e. The molecule has 1 saturated heterocycles. The first-order valence-corrected chi connectivity index (χ1v) is 8.66. The molecule has 1 aliphatic rings. The van der Waals surface area contributed by atoms with Gasteiger partial charge in [-0.05, 0) is 52.9 Å². The Kier molecular flexibility index (Phi) is 4.69. The van der Waals surface area contributed by atoms with Crippen molar-refractivity contribution in [3.05, 3.63) is 28.5 Å². The molecule has 0 bridgehead atoms. The van der Waals surface area contributed by atoms with Gasteiger partial charge in [-0.15, -0.1) is 0 Å². The van der Waals surface area contributed by atoms with Crippen molar-refractivity contribution in [1.29, 1.82) is 0 Å². The monoisotopic (exact) mass is 379 g/mol. The lowest BCUT2D eigenvalue weighted by Gasteiger charge is -2.35. The first-order chi connectivity index (χ1) is 9.73. The van der Waals surface area contributed by atoms with Gasteiger partial charge in [-0.1, -0.05) is 6.92 Å². The van der Waals surface area contributed by atoms with Crippen LogP contribution in [0.15, 0.2) is 27.6 Å². The van der Waals surface area contributed by atoms with Crippen molar-refractivity contribution in [3.63, 3.8) is 0 Å². The van der Waals surface area contributed by atoms with E-state index in [2.05, 4.69) is 15.9 Å². The van der Waals surface area contributed by atoms with Crippen LogP contribution >= 0.6 is 15.9 Å². The van der Waals surface area contributed by atoms with Crippen LogP contribution in [0.3, 0.4) is 0 Å². The Labute approximate surface area is 130 Å². The number of aliphatic carboxylic acids is 1. The standard InChI is InChI=1S/C13H15BrFNO4S/c1-8-4-5-16(11(6-8)13(17)18)21(19,20)12-3-2-9(15)7-10(12)14/h2-3,7-8,11H,4-6H2,1H3,(H,17,18). The molecule has 2 unspecified atom stereocenters. The Bertz CT molecular complexity index is 664. The first kappa shape index (κ1) is 16.4. The van der Waals surface area contributed by atoms with E-state index >= 15 is 0 Å². The molecular weight excluding hydrogens is 365 g/mol. The molecule has 5 nitrogen and oxygen atoms in total. The van der Waals surface area contributed by atoms with E-state index in [1.807, 2.05) is 6.92 Å². The zero-order chi connectivity index (χ0) is 15.8. The van der Waals surface area contributed by atoms with Gasteiger partial charge in [-0.2, -0.15) is 4.31 Å². The first-order valence-electron chi connectivity index (χ1n) is 6.43. The van der Waals surface area contributed by atoms with E-state index in [1.165, 1.54) is 0 Å². The summed E-state index contributed by atoms with van der Waals surface area (Å²) in [6, 6.07) is 2.15. The summed E-state index contributed by atoms with van der Waals surface area (Å²) in [5, 5.41) is 9.27. The van der Waals surface area contributed by atoms with Crippen molar-refractivity contribution < 1.29 is 22.7 Å². The summed E-state index contributed by atoms with van der Waals surface area (Å²) in [5.41, 5.74) is 0. The van der Waals surface area contributed by atoms with Gasteiger partial charge >= 0.3 is 5.97 Å². The number of nitrogens with zero attached hydrogens (tertiary/aromatic N) is 1. The van der Waals surface area contributed by atoms with E-state index in [4.69, 9.17) is 0 Å². The molecule has 0 aliphatic carbocycles. The summed E-state index contributed by atoms with van der Waals surface area (Å²) < 4.78 is 39.5. The van der Waals surface area contributed by atoms with Gasteiger partial charge in [0.25, 0.3) is 0 Å². The molecule has 1 aromatic carbocycles. The number of hydrogen-bond donors (Lipinski definition) is 1. The number of piperidine rings is 1. The minimum atomic E-state index is -3.99. The Hall–Kier alpha value is -0.990. The second-order valence-corrected chi connectivity index (χ2v) is 7.89. The van der Waals surface area contributed by atoms with Crippen LogP contribution in [0.25, 0.3) is 0 Å². The summed E-state index contributed by atoms with van der Waals surface area (Å²) in [6.45, 7) is 2.04. The fraction of sp³-hybridized carbons (Fsp3) is 0.462. The quantitative estimate of drug-likeness (QED) is 0.874. The average Bonchev–Trinajstić information content (AvgIpc) is 2.37. The third-order valence-electron chi connectivity index (χ3n) is 3.58. The smallest absolute Gasteiger partial charge is 0.322 e. The Balaban J connectivity index is 2.44. The van der Waals surface area contributed by atoms with Crippen LogP contribution < -0.4 is 0 Å². The van der Waals surface area contributed by atoms with E-state index in [0.717, 1.165) is 22.5 Å². The van der Waals surface area contributed by atoms with Crippen LogP contribution in [0.5, 0.6) is 0 Å². The summed E-state index contributed by atoms with van der Waals surface area (Å²) in [4.78, 5) is 11.2. The summed E-state index contributed by atoms with van der Waals surface area (Å²) in [7, 11) is -3.99. The molecule has 0 radical (unpaired) electrons. The Morgan fingerprint density at radius 3 is 2.71 bits per heavy atom. The van der Waals surface area contributed by atoms with Crippen LogP contribution in [0, 0.1) is 11.7 Å². The van der Waals surface area contributed by atoms with Gasteiger partial charge in [-0.3, -0.25) is 4.79 Å². The highest BCUT2D eigenvalue weighted by molar-refractivity contribution is 9.10. The van der Waals surface area contributed by atoms with Crippen molar-refractivity contribution in [2.24, 2.45) is 5.92 Å². The van der Waals surface area contributed by atoms with E-state index in [-0.39, 0.29) is 28.3 Å². The highest BCUT2D eigenvalue weighted by Gasteiger charge is 2.40. The molecular formula is C13H15BrFNO4S. The Morgan fingerprint density at radius 1 is 1.48 bits per heavy atom. The molecule has 1 heterocycles. The van der Waals surface area contributed by atoms with E-state index in [9.17, 15) is 22.7 Å². The number of hydrogen-bond acceptors (Lipinski definition) is 3. The highest BCUT2D eigenvalue weighted by atomic mass is 79.9. The topological polar surface area (TPSA) is 74.7 Å². The van der Waals surface area contributed by atoms with Crippen LogP contribution in [0.1, 0.15) is 19.8 Å². The van der Waals surface area contributed by atoms with E-state index < -0.39 is 27.9 Å². The average molecular weight is 380 g/mol. The van der Waals surface area contributed by atoms with Crippen molar-refractivity contribution in [2.45, 2.75) is 30.7 Å². The van der Waals surface area contributed by atoms with Gasteiger partial charge < -0.3 is 5.11 Å². The molecule has 1 aliphatic heterocycles. The van der Waals surface area contributed by atoms with Gasteiger partial charge in [0.2, 0.25) is 10.0 Å². The predicted molar refractivity (Wildman–Crippen MR) is 77.8 cm³/mol. The number of carbonyl (C=O) groups is 1. The summed E-state index contributed by atoms with van der Waals surface area (Å²) in [6.07, 6.45) is 0.870. The lowest BCUT2D eigenvalue weighted by molar-refractivity contribution is -0.143. The van der Waals surface area contributed by atoms with Crippen molar-refractivity contribution in [1.82, 2.24) is 4.31 Å². The lowest BCUT2D eigenvalue weighted by atomic mass is 9.94. The maximum atomic E-state index is 13.1. The second kappa shape index (κ2) is 6.02. The minimum absolute atomic E-state index is 0.0882. The lowest BCUT2D eigenvalue weighted by Crippen LogP contribution is -2.49. The van der Waals surface area contributed by atoms with Crippen molar-refractivity contribution >= 4 is 31.9 Å². The zero-order valence-corrected chi connectivity index (χ0v) is 13.7. The molecule has 116 valence electrons. The zero-order valence-electron chi connectivity index (χ0n) is 11.3. The van der Waals surface area contributed by atoms with E-state index in [1.54, 1.807) is 0 Å². The molecule has 0 amide bonds.